The molecule has 43 heavy (non-hydrogen) atoms. The van der Waals surface area contributed by atoms with E-state index in [0.717, 1.165) is 10.6 Å². The molecular formula is C33H40F3N3O4. The van der Waals surface area contributed by atoms with E-state index >= 15 is 4.39 Å². The van der Waals surface area contributed by atoms with Gasteiger partial charge >= 0.3 is 5.97 Å². The van der Waals surface area contributed by atoms with Crippen LogP contribution in [0.5, 0.6) is 0 Å². The Kier molecular flexibility index (Phi) is 11.0. The third-order valence-electron chi connectivity index (χ3n) is 7.38. The zero-order chi connectivity index (χ0) is 32.2. The van der Waals surface area contributed by atoms with Gasteiger partial charge in [0.2, 0.25) is 5.91 Å². The second-order valence-electron chi connectivity index (χ2n) is 11.9. The summed E-state index contributed by atoms with van der Waals surface area (Å²) in [6.07, 6.45) is 1.39. The maximum Gasteiger partial charge on any atom is 0.305 e. The number of likely N-dealkylation sites (N-methyl/N-ethyl adjacent to an activating group) is 1. The number of aliphatic carboxylic acids is 1. The van der Waals surface area contributed by atoms with Crippen LogP contribution >= 0.6 is 0 Å². The maximum absolute atomic E-state index is 15.7. The van der Waals surface area contributed by atoms with Crippen molar-refractivity contribution in [2.45, 2.75) is 66.0 Å². The molecular weight excluding hydrogens is 559 g/mol. The number of aromatic nitrogens is 1. The normalized spacial score (nSPS) is 12.9. The van der Waals surface area contributed by atoms with Crippen molar-refractivity contribution >= 4 is 11.9 Å². The lowest BCUT2D eigenvalue weighted by Crippen LogP contribution is -2.41. The topological polar surface area (TPSA) is 91.6 Å². The van der Waals surface area contributed by atoms with Gasteiger partial charge in [-0.15, -0.1) is 0 Å². The van der Waals surface area contributed by atoms with Crippen molar-refractivity contribution < 1.29 is 27.9 Å². The molecule has 2 unspecified atom stereocenters. The summed E-state index contributed by atoms with van der Waals surface area (Å²) in [5.41, 5.74) is 2.13. The number of nitrogens with one attached hydrogen (secondary N) is 1. The van der Waals surface area contributed by atoms with Gasteiger partial charge in [-0.3, -0.25) is 14.4 Å². The lowest BCUT2D eigenvalue weighted by molar-refractivity contribution is -0.138. The predicted molar refractivity (Wildman–Crippen MR) is 161 cm³/mol. The van der Waals surface area contributed by atoms with Crippen LogP contribution in [-0.2, 0) is 16.0 Å². The highest BCUT2D eigenvalue weighted by Crippen LogP contribution is 2.34. The Morgan fingerprint density at radius 1 is 0.977 bits per heavy atom. The van der Waals surface area contributed by atoms with Gasteiger partial charge in [0.1, 0.15) is 17.7 Å². The average Bonchev–Trinajstić information content (AvgIpc) is 2.88. The van der Waals surface area contributed by atoms with E-state index in [1.807, 2.05) is 32.8 Å². The third-order valence-corrected chi connectivity index (χ3v) is 7.38. The first-order chi connectivity index (χ1) is 20.1. The molecule has 0 radical (unpaired) electrons. The second kappa shape index (κ2) is 14.0. The third kappa shape index (κ3) is 8.34. The van der Waals surface area contributed by atoms with Crippen LogP contribution in [0.2, 0.25) is 0 Å². The molecule has 2 N–H and O–H groups in total. The summed E-state index contributed by atoms with van der Waals surface area (Å²) < 4.78 is 45.5. The summed E-state index contributed by atoms with van der Waals surface area (Å²) in [7, 11) is 3.72. The van der Waals surface area contributed by atoms with Gasteiger partial charge in [-0.05, 0) is 117 Å². The molecule has 1 aromatic heterocycles. The molecule has 10 heteroatoms. The number of carboxylic acid groups (broad SMARTS) is 1. The first-order valence-corrected chi connectivity index (χ1v) is 14.2. The largest absolute Gasteiger partial charge is 0.481 e. The Balaban J connectivity index is 2.11. The number of aryl methyl sites for hydroxylation is 3. The fraction of sp³-hybridized carbons (Fsp3) is 0.424. The summed E-state index contributed by atoms with van der Waals surface area (Å²) in [5, 5.41) is 12.4. The Morgan fingerprint density at radius 3 is 2.16 bits per heavy atom. The number of carbonyl (C=O) groups excluding carboxylic acids is 1. The molecule has 1 heterocycles. The van der Waals surface area contributed by atoms with Crippen molar-refractivity contribution in [3.8, 4) is 11.1 Å². The SMILES string of the molecule is Cc1cc(-c2c(C)cc(F)cc2C)cc(C(CC(=O)O)NC(=O)C(CC(C)C)n2cc(CCN(C)C)cc(F)c2=O)c1F. The smallest absolute Gasteiger partial charge is 0.305 e. The molecule has 0 aliphatic rings. The van der Waals surface area contributed by atoms with Crippen LogP contribution in [0.1, 0.15) is 66.6 Å². The highest BCUT2D eigenvalue weighted by atomic mass is 19.1. The molecule has 0 aliphatic carbocycles. The van der Waals surface area contributed by atoms with E-state index in [2.05, 4.69) is 5.32 Å². The fourth-order valence-electron chi connectivity index (χ4n) is 5.38. The lowest BCUT2D eigenvalue weighted by atomic mass is 9.90. The lowest BCUT2D eigenvalue weighted by Gasteiger charge is -2.26. The quantitative estimate of drug-likeness (QED) is 0.271. The van der Waals surface area contributed by atoms with E-state index in [4.69, 9.17) is 0 Å². The summed E-state index contributed by atoms with van der Waals surface area (Å²) in [4.78, 5) is 40.6. The molecule has 0 spiro atoms. The van der Waals surface area contributed by atoms with Gasteiger partial charge in [-0.2, -0.15) is 0 Å². The van der Waals surface area contributed by atoms with Crippen LogP contribution in [0.15, 0.2) is 41.3 Å². The molecule has 3 aromatic rings. The molecule has 0 aliphatic heterocycles. The van der Waals surface area contributed by atoms with Crippen LogP contribution in [0.25, 0.3) is 11.1 Å². The standard InChI is InChI=1S/C33H40F3N3O4/c1-18(2)10-28(39-17-22(8-9-38(6)7)14-26(35)33(39)43)32(42)37-27(16-29(40)41)25-15-23(11-21(5)31(25)36)30-19(3)12-24(34)13-20(30)4/h11-15,17-18,27-28H,8-10,16H2,1-7H3,(H,37,42)(H,40,41). The number of hydrogen-bond donors (Lipinski definition) is 2. The number of benzene rings is 2. The predicted octanol–water partition coefficient (Wildman–Crippen LogP) is 5.88. The Hall–Kier alpha value is -3.92. The van der Waals surface area contributed by atoms with Crippen LogP contribution in [0.4, 0.5) is 13.2 Å². The number of hydrogen-bond acceptors (Lipinski definition) is 4. The summed E-state index contributed by atoms with van der Waals surface area (Å²) >= 11 is 0. The van der Waals surface area contributed by atoms with Crippen LogP contribution in [0, 0.1) is 44.1 Å². The number of halogens is 3. The number of carbonyl (C=O) groups is 2. The zero-order valence-electron chi connectivity index (χ0n) is 25.7. The number of pyridine rings is 1. The van der Waals surface area contributed by atoms with E-state index in [9.17, 15) is 28.3 Å². The Bertz CT molecular complexity index is 1540. The van der Waals surface area contributed by atoms with Crippen molar-refractivity contribution in [2.24, 2.45) is 5.92 Å². The molecule has 7 nitrogen and oxygen atoms in total. The number of amides is 1. The first kappa shape index (κ1) is 33.6. The molecule has 0 bridgehead atoms. The first-order valence-electron chi connectivity index (χ1n) is 14.2. The van der Waals surface area contributed by atoms with Crippen molar-refractivity contribution in [2.75, 3.05) is 20.6 Å². The molecule has 232 valence electrons. The minimum absolute atomic E-state index is 0.0598. The molecule has 2 atom stereocenters. The Morgan fingerprint density at radius 2 is 1.60 bits per heavy atom. The fourth-order valence-corrected chi connectivity index (χ4v) is 5.38. The van der Waals surface area contributed by atoms with Crippen molar-refractivity contribution in [1.29, 1.82) is 0 Å². The average molecular weight is 600 g/mol. The van der Waals surface area contributed by atoms with E-state index in [1.165, 1.54) is 31.3 Å². The van der Waals surface area contributed by atoms with E-state index < -0.39 is 53.4 Å². The van der Waals surface area contributed by atoms with Crippen molar-refractivity contribution in [1.82, 2.24) is 14.8 Å². The Labute approximate surface area is 250 Å². The van der Waals surface area contributed by atoms with Crippen LogP contribution in [-0.4, -0.2) is 47.1 Å². The van der Waals surface area contributed by atoms with E-state index in [-0.39, 0.29) is 23.5 Å². The van der Waals surface area contributed by atoms with Crippen molar-refractivity contribution in [3.05, 3.63) is 92.2 Å². The van der Waals surface area contributed by atoms with Gasteiger partial charge in [-0.1, -0.05) is 13.8 Å². The molecule has 0 saturated carbocycles. The highest BCUT2D eigenvalue weighted by molar-refractivity contribution is 5.82. The van der Waals surface area contributed by atoms with Gasteiger partial charge in [0.25, 0.3) is 5.56 Å². The molecule has 0 fully saturated rings. The maximum atomic E-state index is 15.7. The van der Waals surface area contributed by atoms with Gasteiger partial charge in [0, 0.05) is 18.3 Å². The van der Waals surface area contributed by atoms with Gasteiger partial charge in [0.15, 0.2) is 5.82 Å². The minimum Gasteiger partial charge on any atom is -0.481 e. The van der Waals surface area contributed by atoms with Gasteiger partial charge < -0.3 is 19.9 Å². The molecule has 3 rings (SSSR count). The minimum atomic E-state index is -1.31. The van der Waals surface area contributed by atoms with Crippen LogP contribution < -0.4 is 10.9 Å². The summed E-state index contributed by atoms with van der Waals surface area (Å²) in [5.74, 6) is -4.22. The van der Waals surface area contributed by atoms with E-state index in [0.29, 0.717) is 40.8 Å². The number of rotatable bonds is 12. The summed E-state index contributed by atoms with van der Waals surface area (Å²) in [6.45, 7) is 9.24. The summed E-state index contributed by atoms with van der Waals surface area (Å²) in [6, 6.07) is 4.45. The van der Waals surface area contributed by atoms with Gasteiger partial charge in [-0.25, -0.2) is 13.2 Å². The van der Waals surface area contributed by atoms with E-state index in [1.54, 1.807) is 19.9 Å². The zero-order valence-corrected chi connectivity index (χ0v) is 25.7. The van der Waals surface area contributed by atoms with Gasteiger partial charge in [0.05, 0.1) is 12.5 Å². The number of nitrogens with zero attached hydrogens (tertiary/aromatic N) is 2. The molecule has 0 saturated heterocycles. The molecule has 1 amide bonds. The van der Waals surface area contributed by atoms with Crippen LogP contribution in [0.3, 0.4) is 0 Å². The highest BCUT2D eigenvalue weighted by Gasteiger charge is 2.30. The molecule has 2 aromatic carbocycles. The number of carboxylic acids is 1. The van der Waals surface area contributed by atoms with Crippen molar-refractivity contribution in [3.63, 3.8) is 0 Å². The second-order valence-corrected chi connectivity index (χ2v) is 11.9. The monoisotopic (exact) mass is 599 g/mol.